The molecule has 0 radical (unpaired) electrons. The number of nitrogens with one attached hydrogen (secondary N) is 1. The van der Waals surface area contributed by atoms with Gasteiger partial charge in [0.2, 0.25) is 5.91 Å². The van der Waals surface area contributed by atoms with Gasteiger partial charge in [0.05, 0.1) is 18.9 Å². The Labute approximate surface area is 148 Å². The molecule has 0 aliphatic carbocycles. The van der Waals surface area contributed by atoms with Gasteiger partial charge in [0.1, 0.15) is 5.75 Å². The number of methoxy groups -OCH3 is 1. The van der Waals surface area contributed by atoms with Crippen molar-refractivity contribution in [2.24, 2.45) is 0 Å². The molecule has 2 aromatic carbocycles. The second-order valence-corrected chi connectivity index (χ2v) is 7.04. The van der Waals surface area contributed by atoms with E-state index >= 15 is 0 Å². The number of thioether (sulfide) groups is 1. The minimum absolute atomic E-state index is 0.00906. The third-order valence-corrected chi connectivity index (χ3v) is 4.78. The third-order valence-electron chi connectivity index (χ3n) is 3.78. The lowest BCUT2D eigenvalue weighted by Crippen LogP contribution is -2.28. The van der Waals surface area contributed by atoms with Gasteiger partial charge in [0.25, 0.3) is 0 Å². The number of carbonyl (C=O) groups excluding carboxylic acids is 1. The molecule has 3 nitrogen and oxygen atoms in total. The molecule has 0 unspecified atom stereocenters. The van der Waals surface area contributed by atoms with Gasteiger partial charge in [-0.2, -0.15) is 0 Å². The van der Waals surface area contributed by atoms with Crippen LogP contribution in [0.1, 0.15) is 35.2 Å². The highest BCUT2D eigenvalue weighted by Crippen LogP contribution is 2.18. The summed E-state index contributed by atoms with van der Waals surface area (Å²) in [5.74, 6) is 2.20. The molecular formula is C20H25NO2S. The van der Waals surface area contributed by atoms with E-state index in [1.807, 2.05) is 31.2 Å². The third kappa shape index (κ3) is 5.60. The highest BCUT2D eigenvalue weighted by molar-refractivity contribution is 7.99. The Hall–Kier alpha value is -1.94. The summed E-state index contributed by atoms with van der Waals surface area (Å²) >= 11 is 1.64. The summed E-state index contributed by atoms with van der Waals surface area (Å²) < 4.78 is 5.15. The van der Waals surface area contributed by atoms with Crippen molar-refractivity contribution in [1.82, 2.24) is 5.32 Å². The Morgan fingerprint density at radius 3 is 2.33 bits per heavy atom. The smallest absolute Gasteiger partial charge is 0.230 e. The lowest BCUT2D eigenvalue weighted by atomic mass is 10.1. The Morgan fingerprint density at radius 2 is 1.75 bits per heavy atom. The number of hydrogen-bond donors (Lipinski definition) is 1. The van der Waals surface area contributed by atoms with E-state index in [4.69, 9.17) is 4.74 Å². The van der Waals surface area contributed by atoms with E-state index in [0.717, 1.165) is 17.1 Å². The lowest BCUT2D eigenvalue weighted by Gasteiger charge is -2.14. The van der Waals surface area contributed by atoms with Crippen LogP contribution < -0.4 is 10.1 Å². The van der Waals surface area contributed by atoms with Crippen LogP contribution in [-0.2, 0) is 10.5 Å². The van der Waals surface area contributed by atoms with Crippen molar-refractivity contribution in [3.63, 3.8) is 0 Å². The summed E-state index contributed by atoms with van der Waals surface area (Å²) in [5, 5.41) is 3.04. The van der Waals surface area contributed by atoms with E-state index in [2.05, 4.69) is 37.4 Å². The van der Waals surface area contributed by atoms with Gasteiger partial charge in [-0.25, -0.2) is 0 Å². The molecule has 0 fully saturated rings. The number of hydrogen-bond acceptors (Lipinski definition) is 3. The zero-order chi connectivity index (χ0) is 17.5. The molecule has 0 saturated carbocycles. The quantitative estimate of drug-likeness (QED) is 0.808. The van der Waals surface area contributed by atoms with Gasteiger partial charge in [-0.05, 0) is 44.0 Å². The van der Waals surface area contributed by atoms with E-state index in [1.54, 1.807) is 18.9 Å². The summed E-state index contributed by atoms with van der Waals surface area (Å²) in [4.78, 5) is 12.1. The largest absolute Gasteiger partial charge is 0.497 e. The summed E-state index contributed by atoms with van der Waals surface area (Å²) in [6, 6.07) is 14.3. The molecule has 2 rings (SSSR count). The van der Waals surface area contributed by atoms with Gasteiger partial charge in [0, 0.05) is 5.75 Å². The number of carbonyl (C=O) groups is 1. The molecule has 0 bridgehead atoms. The second-order valence-electron chi connectivity index (χ2n) is 6.05. The Morgan fingerprint density at radius 1 is 1.12 bits per heavy atom. The number of benzene rings is 2. The fourth-order valence-electron chi connectivity index (χ4n) is 2.67. The predicted octanol–water partition coefficient (Wildman–Crippen LogP) is 4.42. The standard InChI is InChI=1S/C20H25NO2S/c1-14-9-15(2)11-17(10-14)12-24-13-20(22)21-16(3)18-5-7-19(23-4)8-6-18/h5-11,16H,12-13H2,1-4H3,(H,21,22)/t16-/m1/s1. The van der Waals surface area contributed by atoms with Crippen LogP contribution in [0.15, 0.2) is 42.5 Å². The maximum absolute atomic E-state index is 12.1. The molecule has 0 heterocycles. The van der Waals surface area contributed by atoms with E-state index in [-0.39, 0.29) is 11.9 Å². The predicted molar refractivity (Wildman–Crippen MR) is 102 cm³/mol. The van der Waals surface area contributed by atoms with Crippen molar-refractivity contribution in [1.29, 1.82) is 0 Å². The molecule has 1 amide bonds. The molecule has 2 aromatic rings. The average molecular weight is 343 g/mol. The normalized spacial score (nSPS) is 11.8. The Balaban J connectivity index is 1.79. The van der Waals surface area contributed by atoms with E-state index in [9.17, 15) is 4.79 Å². The van der Waals surface area contributed by atoms with E-state index in [0.29, 0.717) is 5.75 Å². The number of amides is 1. The fourth-order valence-corrected chi connectivity index (χ4v) is 3.45. The number of aryl methyl sites for hydroxylation is 2. The maximum Gasteiger partial charge on any atom is 0.230 e. The second kappa shape index (κ2) is 8.78. The van der Waals surface area contributed by atoms with Crippen LogP contribution in [0.25, 0.3) is 0 Å². The maximum atomic E-state index is 12.1. The molecule has 24 heavy (non-hydrogen) atoms. The molecule has 0 aromatic heterocycles. The Kier molecular flexibility index (Phi) is 6.73. The van der Waals surface area contributed by atoms with Gasteiger partial charge in [-0.15, -0.1) is 11.8 Å². The van der Waals surface area contributed by atoms with Gasteiger partial charge in [-0.1, -0.05) is 41.5 Å². The zero-order valence-corrected chi connectivity index (χ0v) is 15.6. The molecule has 0 saturated heterocycles. The molecule has 128 valence electrons. The van der Waals surface area contributed by atoms with Crippen LogP contribution in [0.4, 0.5) is 0 Å². The van der Waals surface area contributed by atoms with Gasteiger partial charge >= 0.3 is 0 Å². The summed E-state index contributed by atoms with van der Waals surface area (Å²) in [5.41, 5.74) is 4.88. The lowest BCUT2D eigenvalue weighted by molar-refractivity contribution is -0.119. The van der Waals surface area contributed by atoms with Crippen molar-refractivity contribution < 1.29 is 9.53 Å². The first-order valence-corrected chi connectivity index (χ1v) is 9.21. The molecule has 0 aliphatic heterocycles. The minimum Gasteiger partial charge on any atom is -0.497 e. The Bertz CT molecular complexity index is 662. The van der Waals surface area contributed by atoms with Crippen LogP contribution in [0.3, 0.4) is 0 Å². The summed E-state index contributed by atoms with van der Waals surface area (Å²) in [7, 11) is 1.65. The van der Waals surface area contributed by atoms with Crippen molar-refractivity contribution in [2.45, 2.75) is 32.6 Å². The van der Waals surface area contributed by atoms with Crippen LogP contribution in [-0.4, -0.2) is 18.8 Å². The van der Waals surface area contributed by atoms with E-state index in [1.165, 1.54) is 16.7 Å². The molecule has 1 atom stereocenters. The fraction of sp³-hybridized carbons (Fsp3) is 0.350. The van der Waals surface area contributed by atoms with Crippen molar-refractivity contribution in [3.8, 4) is 5.75 Å². The summed E-state index contributed by atoms with van der Waals surface area (Å²) in [6.07, 6.45) is 0. The van der Waals surface area contributed by atoms with Crippen molar-refractivity contribution in [3.05, 3.63) is 64.7 Å². The van der Waals surface area contributed by atoms with Crippen molar-refractivity contribution >= 4 is 17.7 Å². The topological polar surface area (TPSA) is 38.3 Å². The van der Waals surface area contributed by atoms with Gasteiger partial charge in [-0.3, -0.25) is 4.79 Å². The number of ether oxygens (including phenoxy) is 1. The first kappa shape index (κ1) is 18.4. The van der Waals surface area contributed by atoms with Crippen LogP contribution in [0.2, 0.25) is 0 Å². The van der Waals surface area contributed by atoms with Gasteiger partial charge in [0.15, 0.2) is 0 Å². The van der Waals surface area contributed by atoms with Crippen LogP contribution in [0.5, 0.6) is 5.75 Å². The van der Waals surface area contributed by atoms with Gasteiger partial charge < -0.3 is 10.1 Å². The molecule has 4 heteroatoms. The number of rotatable bonds is 7. The van der Waals surface area contributed by atoms with E-state index < -0.39 is 0 Å². The molecular weight excluding hydrogens is 318 g/mol. The van der Waals surface area contributed by atoms with Crippen LogP contribution in [0, 0.1) is 13.8 Å². The first-order valence-electron chi connectivity index (χ1n) is 8.06. The SMILES string of the molecule is COc1ccc([C@@H](C)NC(=O)CSCc2cc(C)cc(C)c2)cc1. The molecule has 0 spiro atoms. The zero-order valence-electron chi connectivity index (χ0n) is 14.8. The molecule has 0 aliphatic rings. The monoisotopic (exact) mass is 343 g/mol. The van der Waals surface area contributed by atoms with Crippen LogP contribution >= 0.6 is 11.8 Å². The minimum atomic E-state index is -0.00906. The average Bonchev–Trinajstić information content (AvgIpc) is 2.54. The highest BCUT2D eigenvalue weighted by Gasteiger charge is 2.10. The molecule has 1 N–H and O–H groups in total. The first-order chi connectivity index (χ1) is 11.5. The summed E-state index contributed by atoms with van der Waals surface area (Å²) in [6.45, 7) is 6.20. The highest BCUT2D eigenvalue weighted by atomic mass is 32.2. The van der Waals surface area contributed by atoms with Crippen molar-refractivity contribution in [2.75, 3.05) is 12.9 Å².